The number of hydrogen-bond acceptors (Lipinski definition) is 4. The molecule has 0 bridgehead atoms. The number of methoxy groups -OCH3 is 1. The third-order valence-electron chi connectivity index (χ3n) is 3.00. The molecule has 0 amide bonds. The van der Waals surface area contributed by atoms with Gasteiger partial charge in [-0.3, -0.25) is 4.79 Å². The zero-order valence-electron chi connectivity index (χ0n) is 11.3. The third-order valence-corrected chi connectivity index (χ3v) is 3.00. The second kappa shape index (κ2) is 7.34. The maximum absolute atomic E-state index is 11.4. The summed E-state index contributed by atoms with van der Waals surface area (Å²) in [5.41, 5.74) is 0.939. The van der Waals surface area contributed by atoms with Gasteiger partial charge in [0, 0.05) is 19.4 Å². The number of allylic oxidation sites excluding steroid dienone is 1. The summed E-state index contributed by atoms with van der Waals surface area (Å²) in [4.78, 5) is 11.4. The van der Waals surface area contributed by atoms with Crippen LogP contribution in [0.4, 0.5) is 0 Å². The van der Waals surface area contributed by atoms with Crippen molar-refractivity contribution in [3.05, 3.63) is 23.8 Å². The molecule has 1 aliphatic rings. The molecular formula is C14H22O4. The van der Waals surface area contributed by atoms with Gasteiger partial charge in [0.15, 0.2) is 0 Å². The van der Waals surface area contributed by atoms with Crippen LogP contribution >= 0.6 is 0 Å². The number of ether oxygens (including phenoxy) is 2. The first-order chi connectivity index (χ1) is 8.54. The van der Waals surface area contributed by atoms with Gasteiger partial charge in [0.2, 0.25) is 0 Å². The fraction of sp³-hybridized carbons (Fsp3) is 0.643. The fourth-order valence-corrected chi connectivity index (χ4v) is 1.92. The molecule has 0 saturated carbocycles. The van der Waals surface area contributed by atoms with Crippen molar-refractivity contribution in [1.29, 1.82) is 0 Å². The second-order valence-corrected chi connectivity index (χ2v) is 4.69. The minimum absolute atomic E-state index is 0.0577. The molecule has 0 fully saturated rings. The first-order valence-corrected chi connectivity index (χ1v) is 6.25. The Morgan fingerprint density at radius 2 is 2.22 bits per heavy atom. The fourth-order valence-electron chi connectivity index (χ4n) is 1.92. The molecule has 1 aliphatic heterocycles. The predicted octanol–water partition coefficient (Wildman–Crippen LogP) is 1.84. The number of carbonyl (C=O) groups is 1. The summed E-state index contributed by atoms with van der Waals surface area (Å²) in [6.07, 6.45) is 5.58. The maximum atomic E-state index is 11.4. The van der Waals surface area contributed by atoms with E-state index < -0.39 is 6.10 Å². The Hall–Kier alpha value is -1.13. The Labute approximate surface area is 108 Å². The van der Waals surface area contributed by atoms with E-state index in [1.807, 2.05) is 26.0 Å². The van der Waals surface area contributed by atoms with Crippen LogP contribution in [0.1, 0.15) is 26.7 Å². The molecular weight excluding hydrogens is 232 g/mol. The molecule has 1 N–H and O–H groups in total. The van der Waals surface area contributed by atoms with Gasteiger partial charge in [0.1, 0.15) is 12.7 Å². The van der Waals surface area contributed by atoms with Gasteiger partial charge in [-0.25, -0.2) is 0 Å². The summed E-state index contributed by atoms with van der Waals surface area (Å²) in [7, 11) is 1.57. The monoisotopic (exact) mass is 254 g/mol. The van der Waals surface area contributed by atoms with Crippen LogP contribution in [0.2, 0.25) is 0 Å². The van der Waals surface area contributed by atoms with E-state index in [0.717, 1.165) is 5.57 Å². The summed E-state index contributed by atoms with van der Waals surface area (Å²) >= 11 is 0. The van der Waals surface area contributed by atoms with Gasteiger partial charge in [-0.1, -0.05) is 25.2 Å². The number of cyclic esters (lactones) is 1. The van der Waals surface area contributed by atoms with Gasteiger partial charge in [-0.05, 0) is 18.9 Å². The number of hydrogen-bond donors (Lipinski definition) is 1. The van der Waals surface area contributed by atoms with E-state index in [2.05, 4.69) is 0 Å². The Morgan fingerprint density at radius 1 is 1.50 bits per heavy atom. The van der Waals surface area contributed by atoms with E-state index in [0.29, 0.717) is 12.8 Å². The Morgan fingerprint density at radius 3 is 2.89 bits per heavy atom. The van der Waals surface area contributed by atoms with Crippen molar-refractivity contribution in [3.63, 3.8) is 0 Å². The summed E-state index contributed by atoms with van der Waals surface area (Å²) in [6.45, 7) is 4.10. The Balaban J connectivity index is 2.83. The van der Waals surface area contributed by atoms with Gasteiger partial charge in [-0.15, -0.1) is 0 Å². The molecule has 0 saturated heterocycles. The summed E-state index contributed by atoms with van der Waals surface area (Å²) < 4.78 is 10.4. The van der Waals surface area contributed by atoms with Crippen LogP contribution in [0.5, 0.6) is 0 Å². The lowest BCUT2D eigenvalue weighted by Gasteiger charge is -2.23. The minimum Gasteiger partial charge on any atom is -0.461 e. The third kappa shape index (κ3) is 4.63. The highest BCUT2D eigenvalue weighted by molar-refractivity contribution is 5.69. The molecule has 3 atom stereocenters. The SMILES string of the molecule is CO[C@H]1/C=C/CCC(=O)OC/C(C)=C\[C@@H](C)[C@@H]1O. The van der Waals surface area contributed by atoms with Gasteiger partial charge >= 0.3 is 5.97 Å². The average Bonchev–Trinajstić information content (AvgIpc) is 2.34. The van der Waals surface area contributed by atoms with Gasteiger partial charge < -0.3 is 14.6 Å². The molecule has 0 unspecified atom stereocenters. The lowest BCUT2D eigenvalue weighted by atomic mass is 9.96. The van der Waals surface area contributed by atoms with Crippen molar-refractivity contribution >= 4 is 5.97 Å². The van der Waals surface area contributed by atoms with Gasteiger partial charge in [-0.2, -0.15) is 0 Å². The standard InChI is InChI=1S/C14H22O4/c1-10-8-11(2)14(16)12(17-3)6-4-5-7-13(15)18-9-10/h4,6,8,11-12,14,16H,5,7,9H2,1-3H3/b6-4+,10-8-/t11-,12+,14+/m1/s1. The number of carbonyl (C=O) groups excluding carboxylic acids is 1. The predicted molar refractivity (Wildman–Crippen MR) is 69.1 cm³/mol. The molecule has 0 aliphatic carbocycles. The highest BCUT2D eigenvalue weighted by Crippen LogP contribution is 2.16. The molecule has 1 rings (SSSR count). The largest absolute Gasteiger partial charge is 0.461 e. The highest BCUT2D eigenvalue weighted by atomic mass is 16.5. The van der Waals surface area contributed by atoms with E-state index in [4.69, 9.17) is 9.47 Å². The van der Waals surface area contributed by atoms with E-state index >= 15 is 0 Å². The molecule has 0 aromatic rings. The zero-order valence-corrected chi connectivity index (χ0v) is 11.3. The molecule has 4 heteroatoms. The van der Waals surface area contributed by atoms with Crippen molar-refractivity contribution in [1.82, 2.24) is 0 Å². The molecule has 0 aromatic heterocycles. The van der Waals surface area contributed by atoms with Gasteiger partial charge in [0.25, 0.3) is 0 Å². The zero-order chi connectivity index (χ0) is 13.5. The maximum Gasteiger partial charge on any atom is 0.306 e. The van der Waals surface area contributed by atoms with E-state index in [9.17, 15) is 9.90 Å². The van der Waals surface area contributed by atoms with Crippen LogP contribution in [-0.4, -0.2) is 37.0 Å². The lowest BCUT2D eigenvalue weighted by Crippen LogP contribution is -2.31. The van der Waals surface area contributed by atoms with Crippen LogP contribution in [0, 0.1) is 5.92 Å². The number of rotatable bonds is 1. The Kier molecular flexibility index (Phi) is 6.09. The molecule has 0 radical (unpaired) electrons. The summed E-state index contributed by atoms with van der Waals surface area (Å²) in [6, 6.07) is 0. The smallest absolute Gasteiger partial charge is 0.306 e. The van der Waals surface area contributed by atoms with Crippen LogP contribution in [0.15, 0.2) is 23.8 Å². The quantitative estimate of drug-likeness (QED) is 0.573. The Bertz CT molecular complexity index is 333. The van der Waals surface area contributed by atoms with Crippen LogP contribution in [0.25, 0.3) is 0 Å². The first-order valence-electron chi connectivity index (χ1n) is 6.25. The molecule has 0 spiro atoms. The second-order valence-electron chi connectivity index (χ2n) is 4.69. The first kappa shape index (κ1) is 14.9. The summed E-state index contributed by atoms with van der Waals surface area (Å²) in [5, 5.41) is 10.2. The number of aliphatic hydroxyl groups excluding tert-OH is 1. The topological polar surface area (TPSA) is 55.8 Å². The van der Waals surface area contributed by atoms with Crippen molar-refractivity contribution in [3.8, 4) is 0 Å². The normalized spacial score (nSPS) is 35.7. The number of aliphatic hydroxyl groups is 1. The van der Waals surface area contributed by atoms with Crippen LogP contribution in [0.3, 0.4) is 0 Å². The van der Waals surface area contributed by atoms with Crippen LogP contribution in [-0.2, 0) is 14.3 Å². The molecule has 0 aromatic carbocycles. The lowest BCUT2D eigenvalue weighted by molar-refractivity contribution is -0.142. The van der Waals surface area contributed by atoms with Crippen molar-refractivity contribution in [2.45, 2.75) is 38.9 Å². The minimum atomic E-state index is -0.601. The van der Waals surface area contributed by atoms with Gasteiger partial charge in [0.05, 0.1) is 6.10 Å². The molecule has 1 heterocycles. The van der Waals surface area contributed by atoms with Crippen molar-refractivity contribution in [2.75, 3.05) is 13.7 Å². The molecule has 4 nitrogen and oxygen atoms in total. The van der Waals surface area contributed by atoms with E-state index in [-0.39, 0.29) is 24.6 Å². The highest BCUT2D eigenvalue weighted by Gasteiger charge is 2.21. The number of esters is 1. The van der Waals surface area contributed by atoms with Crippen molar-refractivity contribution < 1.29 is 19.4 Å². The van der Waals surface area contributed by atoms with Crippen molar-refractivity contribution in [2.24, 2.45) is 5.92 Å². The van der Waals surface area contributed by atoms with E-state index in [1.54, 1.807) is 13.2 Å². The average molecular weight is 254 g/mol. The van der Waals surface area contributed by atoms with E-state index in [1.165, 1.54) is 0 Å². The summed E-state index contributed by atoms with van der Waals surface area (Å²) in [5.74, 6) is -0.257. The molecule has 18 heavy (non-hydrogen) atoms. The van der Waals surface area contributed by atoms with Crippen LogP contribution < -0.4 is 0 Å². The molecule has 102 valence electrons.